The number of fused-ring (bicyclic) bond motifs is 3. The molecule has 0 fully saturated rings. The van der Waals surface area contributed by atoms with Gasteiger partial charge in [0.1, 0.15) is 17.2 Å². The van der Waals surface area contributed by atoms with E-state index in [1.165, 1.54) is 5.56 Å². The van der Waals surface area contributed by atoms with Crippen molar-refractivity contribution in [3.63, 3.8) is 0 Å². The van der Waals surface area contributed by atoms with Crippen LogP contribution in [0.2, 0.25) is 0 Å². The molecule has 3 aromatic rings. The summed E-state index contributed by atoms with van der Waals surface area (Å²) in [6, 6.07) is 18.6. The van der Waals surface area contributed by atoms with Crippen molar-refractivity contribution in [1.82, 2.24) is 5.01 Å². The third-order valence-corrected chi connectivity index (χ3v) is 5.41. The smallest absolute Gasteiger partial charge is 0.213 e. The van der Waals surface area contributed by atoms with Crippen molar-refractivity contribution in [1.29, 1.82) is 0 Å². The molecule has 26 heavy (non-hydrogen) atoms. The molecule has 0 saturated carbocycles. The molecule has 0 amide bonds. The van der Waals surface area contributed by atoms with E-state index in [0.717, 1.165) is 39.2 Å². The SMILES string of the molecule is Cc1ccc([C@@H]2Oc3ccc(Br)cc3[C@@H]3CC(c4ccco4)=NN32)cc1. The number of aryl methyl sites for hydroxylation is 1. The van der Waals surface area contributed by atoms with E-state index in [1.54, 1.807) is 6.26 Å². The zero-order valence-electron chi connectivity index (χ0n) is 14.2. The molecule has 2 aromatic carbocycles. The Bertz CT molecular complexity index is 980. The van der Waals surface area contributed by atoms with Crippen LogP contribution in [0.3, 0.4) is 0 Å². The summed E-state index contributed by atoms with van der Waals surface area (Å²) in [6.07, 6.45) is 2.23. The van der Waals surface area contributed by atoms with Crippen LogP contribution in [0.1, 0.15) is 41.1 Å². The first-order valence-corrected chi connectivity index (χ1v) is 9.41. The Labute approximate surface area is 160 Å². The van der Waals surface area contributed by atoms with Crippen LogP contribution in [0.15, 0.2) is 74.9 Å². The topological polar surface area (TPSA) is 38.0 Å². The van der Waals surface area contributed by atoms with Crippen LogP contribution in [0, 0.1) is 6.92 Å². The Morgan fingerprint density at radius 1 is 1.12 bits per heavy atom. The van der Waals surface area contributed by atoms with Gasteiger partial charge in [0.05, 0.1) is 12.3 Å². The fourth-order valence-corrected chi connectivity index (χ4v) is 3.98. The summed E-state index contributed by atoms with van der Waals surface area (Å²) in [6.45, 7) is 2.09. The summed E-state index contributed by atoms with van der Waals surface area (Å²) >= 11 is 3.58. The van der Waals surface area contributed by atoms with Crippen molar-refractivity contribution >= 4 is 21.6 Å². The fourth-order valence-electron chi connectivity index (χ4n) is 3.60. The number of hydrazone groups is 1. The first kappa shape index (κ1) is 15.7. The molecular formula is C21H17BrN2O2. The summed E-state index contributed by atoms with van der Waals surface area (Å²) in [5, 5.41) is 6.94. The van der Waals surface area contributed by atoms with Crippen molar-refractivity contribution in [2.24, 2.45) is 5.10 Å². The summed E-state index contributed by atoms with van der Waals surface area (Å²) in [5.74, 6) is 1.73. The number of halogens is 1. The van der Waals surface area contributed by atoms with Gasteiger partial charge in [-0.15, -0.1) is 0 Å². The van der Waals surface area contributed by atoms with Gasteiger partial charge in [0.15, 0.2) is 0 Å². The van der Waals surface area contributed by atoms with Crippen molar-refractivity contribution in [3.8, 4) is 5.75 Å². The van der Waals surface area contributed by atoms with Gasteiger partial charge in [-0.05, 0) is 37.3 Å². The second-order valence-corrected chi connectivity index (χ2v) is 7.60. The lowest BCUT2D eigenvalue weighted by Gasteiger charge is -2.38. The van der Waals surface area contributed by atoms with E-state index in [-0.39, 0.29) is 12.3 Å². The van der Waals surface area contributed by atoms with Gasteiger partial charge < -0.3 is 9.15 Å². The average Bonchev–Trinajstić information content (AvgIpc) is 3.32. The highest BCUT2D eigenvalue weighted by Gasteiger charge is 2.41. The number of ether oxygens (including phenoxy) is 1. The molecule has 0 spiro atoms. The van der Waals surface area contributed by atoms with Gasteiger partial charge >= 0.3 is 0 Å². The molecule has 130 valence electrons. The summed E-state index contributed by atoms with van der Waals surface area (Å²) < 4.78 is 13.0. The second-order valence-electron chi connectivity index (χ2n) is 6.69. The molecule has 1 aromatic heterocycles. The molecule has 0 N–H and O–H groups in total. The highest BCUT2D eigenvalue weighted by atomic mass is 79.9. The molecule has 0 unspecified atom stereocenters. The first-order valence-electron chi connectivity index (χ1n) is 8.61. The molecule has 3 heterocycles. The van der Waals surface area contributed by atoms with Crippen molar-refractivity contribution < 1.29 is 9.15 Å². The zero-order valence-corrected chi connectivity index (χ0v) is 15.8. The summed E-state index contributed by atoms with van der Waals surface area (Å²) in [7, 11) is 0. The van der Waals surface area contributed by atoms with Crippen LogP contribution in [0.4, 0.5) is 0 Å². The molecule has 5 rings (SSSR count). The number of nitrogens with zero attached hydrogens (tertiary/aromatic N) is 2. The third kappa shape index (κ3) is 2.54. The largest absolute Gasteiger partial charge is 0.464 e. The molecule has 0 radical (unpaired) electrons. The van der Waals surface area contributed by atoms with Gasteiger partial charge in [-0.2, -0.15) is 5.10 Å². The third-order valence-electron chi connectivity index (χ3n) is 4.92. The van der Waals surface area contributed by atoms with Crippen LogP contribution in [0.25, 0.3) is 0 Å². The lowest BCUT2D eigenvalue weighted by atomic mass is 9.97. The minimum absolute atomic E-state index is 0.127. The predicted molar refractivity (Wildman–Crippen MR) is 103 cm³/mol. The van der Waals surface area contributed by atoms with Crippen LogP contribution in [-0.4, -0.2) is 10.7 Å². The molecule has 2 aliphatic heterocycles. The normalized spacial score (nSPS) is 21.0. The Morgan fingerprint density at radius 2 is 1.96 bits per heavy atom. The van der Waals surface area contributed by atoms with Gasteiger partial charge in [0.25, 0.3) is 0 Å². The zero-order chi connectivity index (χ0) is 17.7. The van der Waals surface area contributed by atoms with Crippen LogP contribution < -0.4 is 4.74 Å². The van der Waals surface area contributed by atoms with Gasteiger partial charge in [0.2, 0.25) is 6.23 Å². The molecule has 2 atom stereocenters. The predicted octanol–water partition coefficient (Wildman–Crippen LogP) is 5.59. The molecule has 0 aliphatic carbocycles. The number of benzene rings is 2. The van der Waals surface area contributed by atoms with Gasteiger partial charge in [-0.25, -0.2) is 5.01 Å². The second kappa shape index (κ2) is 6.02. The standard InChI is InChI=1S/C21H17BrN2O2/c1-13-4-6-14(7-5-13)21-24-18(12-17(23-24)20-3-2-10-25-20)16-11-15(22)8-9-19(16)26-21/h2-11,18,21H,12H2,1H3/t18-,21-/m0/s1. The van der Waals surface area contributed by atoms with E-state index < -0.39 is 0 Å². The highest BCUT2D eigenvalue weighted by Crippen LogP contribution is 2.48. The lowest BCUT2D eigenvalue weighted by molar-refractivity contribution is -0.0190. The van der Waals surface area contributed by atoms with Crippen LogP contribution >= 0.6 is 15.9 Å². The molecule has 2 aliphatic rings. The van der Waals surface area contributed by atoms with E-state index in [2.05, 4.69) is 58.2 Å². The summed E-state index contributed by atoms with van der Waals surface area (Å²) in [5.41, 5.74) is 4.42. The summed E-state index contributed by atoms with van der Waals surface area (Å²) in [4.78, 5) is 0. The number of hydrogen-bond acceptors (Lipinski definition) is 4. The Balaban J connectivity index is 1.61. The van der Waals surface area contributed by atoms with Crippen molar-refractivity contribution in [2.45, 2.75) is 25.6 Å². The Kier molecular flexibility index (Phi) is 3.64. The monoisotopic (exact) mass is 408 g/mol. The van der Waals surface area contributed by atoms with Crippen LogP contribution in [-0.2, 0) is 0 Å². The average molecular weight is 409 g/mol. The molecule has 4 nitrogen and oxygen atoms in total. The molecule has 5 heteroatoms. The van der Waals surface area contributed by atoms with E-state index in [9.17, 15) is 0 Å². The Hall–Kier alpha value is -2.53. The van der Waals surface area contributed by atoms with Crippen LogP contribution in [0.5, 0.6) is 5.75 Å². The quantitative estimate of drug-likeness (QED) is 0.554. The minimum Gasteiger partial charge on any atom is -0.464 e. The maximum atomic E-state index is 6.36. The maximum Gasteiger partial charge on any atom is 0.213 e. The maximum absolute atomic E-state index is 6.36. The number of hydrogen-bond donors (Lipinski definition) is 0. The Morgan fingerprint density at radius 3 is 2.73 bits per heavy atom. The highest BCUT2D eigenvalue weighted by molar-refractivity contribution is 9.10. The molecule has 0 saturated heterocycles. The van der Waals surface area contributed by atoms with Crippen molar-refractivity contribution in [3.05, 3.63) is 87.8 Å². The van der Waals surface area contributed by atoms with E-state index in [1.807, 2.05) is 24.3 Å². The number of rotatable bonds is 2. The van der Waals surface area contributed by atoms with Gasteiger partial charge in [0, 0.05) is 22.0 Å². The van der Waals surface area contributed by atoms with E-state index >= 15 is 0 Å². The minimum atomic E-state index is -0.248. The molecular weight excluding hydrogens is 392 g/mol. The van der Waals surface area contributed by atoms with E-state index in [0.29, 0.717) is 0 Å². The number of furan rings is 1. The lowest BCUT2D eigenvalue weighted by Crippen LogP contribution is -2.33. The first-order chi connectivity index (χ1) is 12.7. The van der Waals surface area contributed by atoms with Gasteiger partial charge in [-0.1, -0.05) is 45.8 Å². The van der Waals surface area contributed by atoms with E-state index in [4.69, 9.17) is 14.3 Å². The molecule has 0 bridgehead atoms. The van der Waals surface area contributed by atoms with Gasteiger partial charge in [-0.3, -0.25) is 0 Å². The van der Waals surface area contributed by atoms with Crippen molar-refractivity contribution in [2.75, 3.05) is 0 Å². The fraction of sp³-hybridized carbons (Fsp3) is 0.190.